The van der Waals surface area contributed by atoms with E-state index in [0.717, 1.165) is 5.56 Å². The lowest BCUT2D eigenvalue weighted by atomic mass is 10.2. The number of anilines is 1. The normalized spacial score (nSPS) is 11.2. The van der Waals surface area contributed by atoms with Crippen molar-refractivity contribution in [2.75, 3.05) is 11.4 Å². The molecular weight excluding hydrogens is 405 g/mol. The van der Waals surface area contributed by atoms with E-state index in [0.29, 0.717) is 21.5 Å². The van der Waals surface area contributed by atoms with Crippen molar-refractivity contribution in [3.63, 3.8) is 0 Å². The standard InChI is InChI=1S/C20H17Cl2NO3S/c1-26-19-9-11-20(12-10-19)27(24,25)23(18-4-2-3-17(22)13-18)14-15-5-7-16(21)8-6-15/h2-13H,14H2,1H3. The molecule has 0 atom stereocenters. The molecule has 4 nitrogen and oxygen atoms in total. The minimum Gasteiger partial charge on any atom is -0.497 e. The van der Waals surface area contributed by atoms with Gasteiger partial charge in [0.1, 0.15) is 5.75 Å². The molecule has 0 aliphatic carbocycles. The third kappa shape index (κ3) is 4.56. The van der Waals surface area contributed by atoms with E-state index in [1.165, 1.54) is 23.5 Å². The van der Waals surface area contributed by atoms with Gasteiger partial charge in [-0.3, -0.25) is 4.31 Å². The van der Waals surface area contributed by atoms with Crippen LogP contribution in [-0.2, 0) is 16.6 Å². The van der Waals surface area contributed by atoms with Gasteiger partial charge in [-0.05, 0) is 60.2 Å². The fraction of sp³-hybridized carbons (Fsp3) is 0.100. The van der Waals surface area contributed by atoms with E-state index in [-0.39, 0.29) is 11.4 Å². The van der Waals surface area contributed by atoms with Gasteiger partial charge >= 0.3 is 0 Å². The van der Waals surface area contributed by atoms with Gasteiger partial charge in [-0.2, -0.15) is 0 Å². The Morgan fingerprint density at radius 1 is 0.889 bits per heavy atom. The van der Waals surface area contributed by atoms with Crippen LogP contribution in [0.15, 0.2) is 77.7 Å². The molecule has 3 aromatic carbocycles. The number of rotatable bonds is 6. The van der Waals surface area contributed by atoms with Gasteiger partial charge in [0.25, 0.3) is 10.0 Å². The molecule has 3 rings (SSSR count). The topological polar surface area (TPSA) is 46.6 Å². The van der Waals surface area contributed by atoms with Crippen molar-refractivity contribution in [3.8, 4) is 5.75 Å². The van der Waals surface area contributed by atoms with E-state index in [1.807, 2.05) is 0 Å². The smallest absolute Gasteiger partial charge is 0.264 e. The molecule has 0 radical (unpaired) electrons. The molecular formula is C20H17Cl2NO3S. The number of hydrogen-bond donors (Lipinski definition) is 0. The molecule has 27 heavy (non-hydrogen) atoms. The van der Waals surface area contributed by atoms with Crippen LogP contribution in [0, 0.1) is 0 Å². The number of hydrogen-bond acceptors (Lipinski definition) is 3. The first-order chi connectivity index (χ1) is 12.9. The Morgan fingerprint density at radius 3 is 2.15 bits per heavy atom. The molecule has 0 aliphatic rings. The van der Waals surface area contributed by atoms with E-state index in [4.69, 9.17) is 27.9 Å². The molecule has 0 aliphatic heterocycles. The lowest BCUT2D eigenvalue weighted by Gasteiger charge is -2.25. The van der Waals surface area contributed by atoms with Crippen molar-refractivity contribution in [3.05, 3.63) is 88.4 Å². The largest absolute Gasteiger partial charge is 0.497 e. The van der Waals surface area contributed by atoms with Gasteiger partial charge in [0.05, 0.1) is 24.2 Å². The minimum absolute atomic E-state index is 0.145. The van der Waals surface area contributed by atoms with Crippen molar-refractivity contribution < 1.29 is 13.2 Å². The number of sulfonamides is 1. The summed E-state index contributed by atoms with van der Waals surface area (Å²) in [4.78, 5) is 0.164. The highest BCUT2D eigenvalue weighted by Gasteiger charge is 2.25. The maximum Gasteiger partial charge on any atom is 0.264 e. The molecule has 0 spiro atoms. The zero-order valence-electron chi connectivity index (χ0n) is 14.5. The Hall–Kier alpha value is -2.21. The van der Waals surface area contributed by atoms with Gasteiger partial charge < -0.3 is 4.74 Å². The summed E-state index contributed by atoms with van der Waals surface area (Å²) >= 11 is 12.0. The van der Waals surface area contributed by atoms with Gasteiger partial charge in [-0.15, -0.1) is 0 Å². The second-order valence-corrected chi connectivity index (χ2v) is 8.53. The molecule has 7 heteroatoms. The number of benzene rings is 3. The summed E-state index contributed by atoms with van der Waals surface area (Å²) in [5, 5.41) is 1.05. The van der Waals surface area contributed by atoms with Gasteiger partial charge in [0.15, 0.2) is 0 Å². The second kappa shape index (κ2) is 8.21. The van der Waals surface area contributed by atoms with E-state index in [1.54, 1.807) is 60.7 Å². The fourth-order valence-corrected chi connectivity index (χ4v) is 4.33. The first kappa shape index (κ1) is 19.5. The molecule has 0 saturated carbocycles. The van der Waals surface area contributed by atoms with Crippen LogP contribution >= 0.6 is 23.2 Å². The Kier molecular flexibility index (Phi) is 5.95. The quantitative estimate of drug-likeness (QED) is 0.535. The monoisotopic (exact) mass is 421 g/mol. The predicted molar refractivity (Wildman–Crippen MR) is 109 cm³/mol. The summed E-state index contributed by atoms with van der Waals surface area (Å²) in [5.74, 6) is 0.584. The average molecular weight is 422 g/mol. The van der Waals surface area contributed by atoms with Crippen LogP contribution in [0.25, 0.3) is 0 Å². The third-order valence-corrected chi connectivity index (χ3v) is 6.26. The summed E-state index contributed by atoms with van der Waals surface area (Å²) in [6, 6.07) is 20.1. The highest BCUT2D eigenvalue weighted by Crippen LogP contribution is 2.29. The van der Waals surface area contributed by atoms with Crippen LogP contribution in [0.4, 0.5) is 5.69 Å². The number of halogens is 2. The number of methoxy groups -OCH3 is 1. The van der Waals surface area contributed by atoms with Crippen molar-refractivity contribution in [2.24, 2.45) is 0 Å². The van der Waals surface area contributed by atoms with E-state index >= 15 is 0 Å². The van der Waals surface area contributed by atoms with Crippen LogP contribution in [-0.4, -0.2) is 15.5 Å². The fourth-order valence-electron chi connectivity index (χ4n) is 2.58. The van der Waals surface area contributed by atoms with Crippen LogP contribution in [0.5, 0.6) is 5.75 Å². The molecule has 0 amide bonds. The van der Waals surface area contributed by atoms with Gasteiger partial charge in [0, 0.05) is 10.0 Å². The Morgan fingerprint density at radius 2 is 1.56 bits per heavy atom. The molecule has 0 bridgehead atoms. The molecule has 140 valence electrons. The van der Waals surface area contributed by atoms with Crippen LogP contribution < -0.4 is 9.04 Å². The summed E-state index contributed by atoms with van der Waals surface area (Å²) in [5.41, 5.74) is 1.28. The van der Waals surface area contributed by atoms with Crippen molar-refractivity contribution in [1.29, 1.82) is 0 Å². The third-order valence-electron chi connectivity index (χ3n) is 3.98. The second-order valence-electron chi connectivity index (χ2n) is 5.79. The van der Waals surface area contributed by atoms with Crippen molar-refractivity contribution in [1.82, 2.24) is 0 Å². The lowest BCUT2D eigenvalue weighted by molar-refractivity contribution is 0.414. The Bertz CT molecular complexity index is 1020. The van der Waals surface area contributed by atoms with Crippen molar-refractivity contribution >= 4 is 38.9 Å². The molecule has 0 N–H and O–H groups in total. The highest BCUT2D eigenvalue weighted by atomic mass is 35.5. The molecule has 0 saturated heterocycles. The number of ether oxygens (including phenoxy) is 1. The first-order valence-electron chi connectivity index (χ1n) is 8.07. The average Bonchev–Trinajstić information content (AvgIpc) is 2.67. The summed E-state index contributed by atoms with van der Waals surface area (Å²) < 4.78 is 33.1. The van der Waals surface area contributed by atoms with Crippen molar-refractivity contribution in [2.45, 2.75) is 11.4 Å². The summed E-state index contributed by atoms with van der Waals surface area (Å²) in [6.07, 6.45) is 0. The molecule has 0 unspecified atom stereocenters. The molecule has 0 fully saturated rings. The molecule has 0 heterocycles. The number of nitrogens with zero attached hydrogens (tertiary/aromatic N) is 1. The predicted octanol–water partition coefficient (Wildman–Crippen LogP) is 5.40. The maximum atomic E-state index is 13.3. The van der Waals surface area contributed by atoms with Crippen LogP contribution in [0.3, 0.4) is 0 Å². The Labute approximate surface area is 169 Å². The maximum absolute atomic E-state index is 13.3. The lowest BCUT2D eigenvalue weighted by Crippen LogP contribution is -2.30. The molecule has 0 aromatic heterocycles. The zero-order valence-corrected chi connectivity index (χ0v) is 16.8. The van der Waals surface area contributed by atoms with E-state index in [9.17, 15) is 8.42 Å². The van der Waals surface area contributed by atoms with Gasteiger partial charge in [-0.25, -0.2) is 8.42 Å². The van der Waals surface area contributed by atoms with E-state index < -0.39 is 10.0 Å². The van der Waals surface area contributed by atoms with Crippen LogP contribution in [0.1, 0.15) is 5.56 Å². The highest BCUT2D eigenvalue weighted by molar-refractivity contribution is 7.92. The van der Waals surface area contributed by atoms with E-state index in [2.05, 4.69) is 0 Å². The molecule has 3 aromatic rings. The zero-order chi connectivity index (χ0) is 19.4. The first-order valence-corrected chi connectivity index (χ1v) is 10.3. The van der Waals surface area contributed by atoms with Gasteiger partial charge in [0.2, 0.25) is 0 Å². The minimum atomic E-state index is -3.82. The van der Waals surface area contributed by atoms with Gasteiger partial charge in [-0.1, -0.05) is 41.4 Å². The van der Waals surface area contributed by atoms with Crippen LogP contribution in [0.2, 0.25) is 10.0 Å². The SMILES string of the molecule is COc1ccc(S(=O)(=O)N(Cc2ccc(Cl)cc2)c2cccc(Cl)c2)cc1. The summed E-state index contributed by atoms with van der Waals surface area (Å²) in [6.45, 7) is 0.145. The summed E-state index contributed by atoms with van der Waals surface area (Å²) in [7, 11) is -2.29. The Balaban J connectivity index is 2.05.